The van der Waals surface area contributed by atoms with Crippen LogP contribution in [0.25, 0.3) is 10.8 Å². The van der Waals surface area contributed by atoms with Gasteiger partial charge in [-0.05, 0) is 24.3 Å². The van der Waals surface area contributed by atoms with Crippen molar-refractivity contribution in [3.63, 3.8) is 0 Å². The molecule has 0 saturated heterocycles. The average Bonchev–Trinajstić information content (AvgIpc) is 3.00. The van der Waals surface area contributed by atoms with Crippen LogP contribution in [-0.2, 0) is 0 Å². The molecule has 2 aliphatic rings. The van der Waals surface area contributed by atoms with Crippen molar-refractivity contribution in [2.75, 3.05) is 0 Å². The lowest BCUT2D eigenvalue weighted by Gasteiger charge is -2.51. The molecule has 2 unspecified atom stereocenters. The third-order valence-electron chi connectivity index (χ3n) is 5.24. The van der Waals surface area contributed by atoms with Gasteiger partial charge in [0, 0.05) is 22.6 Å². The SMILES string of the molecule is ClC1CC(Oc2cccc3ccccc23)C12CCCC2. The normalized spacial score (nSPS) is 27.6. The Morgan fingerprint density at radius 3 is 2.55 bits per heavy atom. The van der Waals surface area contributed by atoms with Crippen LogP contribution < -0.4 is 4.74 Å². The van der Waals surface area contributed by atoms with Crippen LogP contribution in [0.15, 0.2) is 42.5 Å². The number of ether oxygens (including phenoxy) is 1. The second kappa shape index (κ2) is 4.66. The van der Waals surface area contributed by atoms with Gasteiger partial charge in [-0.25, -0.2) is 0 Å². The Labute approximate surface area is 124 Å². The van der Waals surface area contributed by atoms with Gasteiger partial charge in [-0.2, -0.15) is 0 Å². The van der Waals surface area contributed by atoms with E-state index in [0.29, 0.717) is 11.5 Å². The van der Waals surface area contributed by atoms with E-state index in [1.165, 1.54) is 36.5 Å². The molecule has 0 aliphatic heterocycles. The summed E-state index contributed by atoms with van der Waals surface area (Å²) in [6.07, 6.45) is 6.37. The first kappa shape index (κ1) is 12.5. The molecule has 2 fully saturated rings. The zero-order chi connectivity index (χ0) is 13.6. The minimum atomic E-state index is 0.249. The lowest BCUT2D eigenvalue weighted by Crippen LogP contribution is -2.55. The van der Waals surface area contributed by atoms with Gasteiger partial charge >= 0.3 is 0 Å². The number of alkyl halides is 1. The van der Waals surface area contributed by atoms with E-state index in [0.717, 1.165) is 12.2 Å². The molecule has 2 atom stereocenters. The largest absolute Gasteiger partial charge is 0.489 e. The van der Waals surface area contributed by atoms with Crippen LogP contribution in [0.1, 0.15) is 32.1 Å². The summed E-state index contributed by atoms with van der Waals surface area (Å²) in [4.78, 5) is 0. The molecule has 0 N–H and O–H groups in total. The summed E-state index contributed by atoms with van der Waals surface area (Å²) in [6.45, 7) is 0. The summed E-state index contributed by atoms with van der Waals surface area (Å²) < 4.78 is 6.39. The predicted molar refractivity (Wildman–Crippen MR) is 83.5 cm³/mol. The summed E-state index contributed by atoms with van der Waals surface area (Å²) in [5.41, 5.74) is 0.249. The zero-order valence-electron chi connectivity index (χ0n) is 11.5. The molecule has 2 aromatic carbocycles. The first-order valence-electron chi connectivity index (χ1n) is 7.58. The maximum atomic E-state index is 6.51. The molecule has 1 spiro atoms. The van der Waals surface area contributed by atoms with Gasteiger partial charge < -0.3 is 4.74 Å². The molecule has 2 heteroatoms. The van der Waals surface area contributed by atoms with Gasteiger partial charge in [0.2, 0.25) is 0 Å². The third kappa shape index (κ3) is 1.76. The molecule has 0 bridgehead atoms. The highest BCUT2D eigenvalue weighted by atomic mass is 35.5. The minimum absolute atomic E-state index is 0.249. The topological polar surface area (TPSA) is 9.23 Å². The molecule has 104 valence electrons. The van der Waals surface area contributed by atoms with E-state index < -0.39 is 0 Å². The number of hydrogen-bond donors (Lipinski definition) is 0. The van der Waals surface area contributed by atoms with Crippen molar-refractivity contribution in [3.8, 4) is 5.75 Å². The van der Waals surface area contributed by atoms with E-state index in [-0.39, 0.29) is 5.41 Å². The van der Waals surface area contributed by atoms with Gasteiger partial charge in [0.1, 0.15) is 11.9 Å². The lowest BCUT2D eigenvalue weighted by molar-refractivity contribution is -0.0346. The van der Waals surface area contributed by atoms with E-state index in [9.17, 15) is 0 Å². The molecule has 1 nitrogen and oxygen atoms in total. The zero-order valence-corrected chi connectivity index (χ0v) is 12.3. The van der Waals surface area contributed by atoms with Crippen LogP contribution in [-0.4, -0.2) is 11.5 Å². The van der Waals surface area contributed by atoms with Crippen molar-refractivity contribution < 1.29 is 4.74 Å². The molecule has 0 amide bonds. The van der Waals surface area contributed by atoms with Crippen molar-refractivity contribution in [1.29, 1.82) is 0 Å². The van der Waals surface area contributed by atoms with E-state index in [2.05, 4.69) is 42.5 Å². The van der Waals surface area contributed by atoms with Crippen molar-refractivity contribution in [1.82, 2.24) is 0 Å². The van der Waals surface area contributed by atoms with Crippen LogP contribution in [0.3, 0.4) is 0 Å². The Morgan fingerprint density at radius 2 is 1.75 bits per heavy atom. The first-order chi connectivity index (χ1) is 9.79. The maximum absolute atomic E-state index is 6.51. The number of hydrogen-bond acceptors (Lipinski definition) is 1. The van der Waals surface area contributed by atoms with Gasteiger partial charge in [-0.3, -0.25) is 0 Å². The predicted octanol–water partition coefficient (Wildman–Crippen LogP) is 5.16. The minimum Gasteiger partial charge on any atom is -0.489 e. The highest BCUT2D eigenvalue weighted by Gasteiger charge is 2.57. The Balaban J connectivity index is 1.65. The fourth-order valence-corrected chi connectivity index (χ4v) is 4.50. The summed E-state index contributed by atoms with van der Waals surface area (Å²) >= 11 is 6.51. The van der Waals surface area contributed by atoms with Crippen molar-refractivity contribution >= 4 is 22.4 Å². The Kier molecular flexibility index (Phi) is 2.92. The summed E-state index contributed by atoms with van der Waals surface area (Å²) in [5, 5.41) is 2.76. The van der Waals surface area contributed by atoms with E-state index in [4.69, 9.17) is 16.3 Å². The van der Waals surface area contributed by atoms with Gasteiger partial charge in [0.15, 0.2) is 0 Å². The summed E-state index contributed by atoms with van der Waals surface area (Å²) in [7, 11) is 0. The molecular formula is C18H19ClO. The Hall–Kier alpha value is -1.21. The van der Waals surface area contributed by atoms with Gasteiger partial charge in [-0.15, -0.1) is 11.6 Å². The van der Waals surface area contributed by atoms with Crippen LogP contribution in [0.5, 0.6) is 5.75 Å². The molecule has 20 heavy (non-hydrogen) atoms. The highest BCUT2D eigenvalue weighted by Crippen LogP contribution is 2.57. The van der Waals surface area contributed by atoms with Crippen molar-refractivity contribution in [2.24, 2.45) is 5.41 Å². The van der Waals surface area contributed by atoms with E-state index in [1.807, 2.05) is 0 Å². The maximum Gasteiger partial charge on any atom is 0.127 e. The second-order valence-corrected chi connectivity index (χ2v) is 6.75. The molecule has 2 aliphatic carbocycles. The molecule has 2 aromatic rings. The monoisotopic (exact) mass is 286 g/mol. The van der Waals surface area contributed by atoms with Gasteiger partial charge in [-0.1, -0.05) is 49.2 Å². The molecule has 2 saturated carbocycles. The van der Waals surface area contributed by atoms with Gasteiger partial charge in [0.25, 0.3) is 0 Å². The Morgan fingerprint density at radius 1 is 1.00 bits per heavy atom. The number of halogens is 1. The third-order valence-corrected chi connectivity index (χ3v) is 5.85. The van der Waals surface area contributed by atoms with Gasteiger partial charge in [0.05, 0.1) is 0 Å². The molecular weight excluding hydrogens is 268 g/mol. The fourth-order valence-electron chi connectivity index (χ4n) is 3.98. The quantitative estimate of drug-likeness (QED) is 0.693. The summed E-state index contributed by atoms with van der Waals surface area (Å²) in [5.74, 6) is 1.02. The highest BCUT2D eigenvalue weighted by molar-refractivity contribution is 6.22. The van der Waals surface area contributed by atoms with Crippen LogP contribution >= 0.6 is 11.6 Å². The lowest BCUT2D eigenvalue weighted by atomic mass is 9.64. The number of fused-ring (bicyclic) bond motifs is 1. The average molecular weight is 287 g/mol. The molecule has 0 heterocycles. The summed E-state index contributed by atoms with van der Waals surface area (Å²) in [6, 6.07) is 14.7. The van der Waals surface area contributed by atoms with E-state index >= 15 is 0 Å². The first-order valence-corrected chi connectivity index (χ1v) is 8.02. The van der Waals surface area contributed by atoms with E-state index in [1.54, 1.807) is 0 Å². The smallest absolute Gasteiger partial charge is 0.127 e. The molecule has 0 radical (unpaired) electrons. The number of rotatable bonds is 2. The molecule has 4 rings (SSSR count). The molecule has 0 aromatic heterocycles. The standard InChI is InChI=1S/C18H19ClO/c19-16-12-17(18(16)10-3-4-11-18)20-15-9-5-7-13-6-1-2-8-14(13)15/h1-2,5-9,16-17H,3-4,10-12H2. The van der Waals surface area contributed by atoms with Crippen LogP contribution in [0.2, 0.25) is 0 Å². The fraction of sp³-hybridized carbons (Fsp3) is 0.444. The Bertz CT molecular complexity index is 625. The second-order valence-electron chi connectivity index (χ2n) is 6.23. The van der Waals surface area contributed by atoms with Crippen LogP contribution in [0.4, 0.5) is 0 Å². The number of benzene rings is 2. The van der Waals surface area contributed by atoms with Crippen molar-refractivity contribution in [3.05, 3.63) is 42.5 Å². The van der Waals surface area contributed by atoms with Crippen molar-refractivity contribution in [2.45, 2.75) is 43.6 Å². The van der Waals surface area contributed by atoms with Crippen LogP contribution in [0, 0.1) is 5.41 Å².